The molecule has 156 valence electrons. The lowest BCUT2D eigenvalue weighted by molar-refractivity contribution is 0.0683. The fourth-order valence-corrected chi connectivity index (χ4v) is 4.23. The van der Waals surface area contributed by atoms with Gasteiger partial charge in [-0.3, -0.25) is 4.79 Å². The van der Waals surface area contributed by atoms with Gasteiger partial charge in [-0.15, -0.1) is 0 Å². The van der Waals surface area contributed by atoms with Crippen molar-refractivity contribution in [3.63, 3.8) is 0 Å². The molecule has 1 fully saturated rings. The minimum Gasteiger partial charge on any atom is -0.335 e. The van der Waals surface area contributed by atoms with Crippen LogP contribution in [0.1, 0.15) is 53.0 Å². The minimum absolute atomic E-state index is 0.0106. The van der Waals surface area contributed by atoms with Crippen LogP contribution in [-0.4, -0.2) is 38.2 Å². The van der Waals surface area contributed by atoms with Gasteiger partial charge in [0.1, 0.15) is 5.82 Å². The van der Waals surface area contributed by atoms with E-state index in [2.05, 4.69) is 10.1 Å². The van der Waals surface area contributed by atoms with Gasteiger partial charge in [-0.2, -0.15) is 5.10 Å². The second-order valence-electron chi connectivity index (χ2n) is 8.06. The van der Waals surface area contributed by atoms with Gasteiger partial charge in [0.25, 0.3) is 5.91 Å². The average Bonchev–Trinajstić information content (AvgIpc) is 3.39. The summed E-state index contributed by atoms with van der Waals surface area (Å²) in [5.41, 5.74) is 3.56. The smallest absolute Gasteiger partial charge is 0.255 e. The highest BCUT2D eigenvalue weighted by atomic mass is 19.1. The molecule has 0 atom stereocenters. The standard InChI is InChI=1S/C24H27FN4O/c1-17-15-18(2)29(27-17)23-12-9-20(16-26-23)24(30)28(22-5-3-4-6-22)14-13-19-7-10-21(25)11-8-19/h7-12,15-16,22H,3-6,13-14H2,1-2H3. The molecule has 0 N–H and O–H groups in total. The molecule has 1 aliphatic carbocycles. The monoisotopic (exact) mass is 406 g/mol. The molecule has 5 nitrogen and oxygen atoms in total. The molecular formula is C24H27FN4O. The van der Waals surface area contributed by atoms with E-state index in [-0.39, 0.29) is 17.8 Å². The van der Waals surface area contributed by atoms with Crippen molar-refractivity contribution in [3.05, 3.63) is 77.0 Å². The van der Waals surface area contributed by atoms with Crippen LogP contribution in [0.25, 0.3) is 5.82 Å². The summed E-state index contributed by atoms with van der Waals surface area (Å²) in [5, 5.41) is 4.45. The van der Waals surface area contributed by atoms with Gasteiger partial charge in [-0.1, -0.05) is 25.0 Å². The van der Waals surface area contributed by atoms with Crippen LogP contribution in [-0.2, 0) is 6.42 Å². The van der Waals surface area contributed by atoms with Gasteiger partial charge in [0.15, 0.2) is 5.82 Å². The zero-order valence-corrected chi connectivity index (χ0v) is 17.5. The molecule has 0 unspecified atom stereocenters. The quantitative estimate of drug-likeness (QED) is 0.599. The molecule has 1 amide bonds. The van der Waals surface area contributed by atoms with E-state index in [4.69, 9.17) is 0 Å². The van der Waals surface area contributed by atoms with Crippen LogP contribution in [0.4, 0.5) is 4.39 Å². The largest absolute Gasteiger partial charge is 0.335 e. The number of pyridine rings is 1. The van der Waals surface area contributed by atoms with Crippen molar-refractivity contribution in [2.75, 3.05) is 6.54 Å². The molecule has 6 heteroatoms. The fraction of sp³-hybridized carbons (Fsp3) is 0.375. The molecule has 2 heterocycles. The van der Waals surface area contributed by atoms with Crippen molar-refractivity contribution in [2.45, 2.75) is 52.0 Å². The second kappa shape index (κ2) is 8.78. The molecule has 30 heavy (non-hydrogen) atoms. The summed E-state index contributed by atoms with van der Waals surface area (Å²) in [5.74, 6) is 0.476. The number of rotatable bonds is 6. The average molecular weight is 407 g/mol. The predicted molar refractivity (Wildman–Crippen MR) is 114 cm³/mol. The van der Waals surface area contributed by atoms with E-state index in [0.717, 1.165) is 42.6 Å². The van der Waals surface area contributed by atoms with Crippen LogP contribution in [0, 0.1) is 19.7 Å². The number of carbonyl (C=O) groups is 1. The van der Waals surface area contributed by atoms with E-state index in [1.807, 2.05) is 36.9 Å². The Morgan fingerprint density at radius 3 is 2.47 bits per heavy atom. The van der Waals surface area contributed by atoms with Gasteiger partial charge in [0.2, 0.25) is 0 Å². The molecule has 2 aromatic heterocycles. The van der Waals surface area contributed by atoms with Crippen LogP contribution < -0.4 is 0 Å². The molecule has 0 bridgehead atoms. The van der Waals surface area contributed by atoms with Crippen LogP contribution in [0.15, 0.2) is 48.7 Å². The molecule has 1 saturated carbocycles. The molecule has 0 spiro atoms. The SMILES string of the molecule is Cc1cc(C)n(-c2ccc(C(=O)N(CCc3ccc(F)cc3)C3CCCC3)cn2)n1. The van der Waals surface area contributed by atoms with E-state index in [1.54, 1.807) is 23.0 Å². The predicted octanol–water partition coefficient (Wildman–Crippen LogP) is 4.65. The van der Waals surface area contributed by atoms with Gasteiger partial charge >= 0.3 is 0 Å². The van der Waals surface area contributed by atoms with Gasteiger partial charge < -0.3 is 4.90 Å². The molecule has 3 aromatic rings. The first-order valence-electron chi connectivity index (χ1n) is 10.6. The Morgan fingerprint density at radius 1 is 1.13 bits per heavy atom. The fourth-order valence-electron chi connectivity index (χ4n) is 4.23. The van der Waals surface area contributed by atoms with Crippen LogP contribution in [0.3, 0.4) is 0 Å². The Hall–Kier alpha value is -3.02. The number of nitrogens with zero attached hydrogens (tertiary/aromatic N) is 4. The summed E-state index contributed by atoms with van der Waals surface area (Å²) in [6, 6.07) is 12.5. The zero-order chi connectivity index (χ0) is 21.1. The zero-order valence-electron chi connectivity index (χ0n) is 17.5. The van der Waals surface area contributed by atoms with Crippen LogP contribution >= 0.6 is 0 Å². The maximum Gasteiger partial charge on any atom is 0.255 e. The highest BCUT2D eigenvalue weighted by molar-refractivity contribution is 5.94. The summed E-state index contributed by atoms with van der Waals surface area (Å²) in [7, 11) is 0. The van der Waals surface area contributed by atoms with Crippen molar-refractivity contribution < 1.29 is 9.18 Å². The molecule has 0 radical (unpaired) electrons. The molecule has 1 aromatic carbocycles. The lowest BCUT2D eigenvalue weighted by Crippen LogP contribution is -2.40. The first kappa shape index (κ1) is 20.3. The highest BCUT2D eigenvalue weighted by Gasteiger charge is 2.27. The molecular weight excluding hydrogens is 379 g/mol. The van der Waals surface area contributed by atoms with Gasteiger partial charge in [-0.25, -0.2) is 14.1 Å². The molecule has 0 saturated heterocycles. The molecule has 4 rings (SSSR count). The van der Waals surface area contributed by atoms with Crippen molar-refractivity contribution in [1.29, 1.82) is 0 Å². The van der Waals surface area contributed by atoms with Crippen LogP contribution in [0.2, 0.25) is 0 Å². The van der Waals surface area contributed by atoms with Crippen molar-refractivity contribution in [3.8, 4) is 5.82 Å². The Morgan fingerprint density at radius 2 is 1.87 bits per heavy atom. The molecule has 0 aliphatic heterocycles. The number of carbonyl (C=O) groups excluding carboxylic acids is 1. The van der Waals surface area contributed by atoms with E-state index >= 15 is 0 Å². The number of benzene rings is 1. The number of hydrogen-bond donors (Lipinski definition) is 0. The number of hydrogen-bond acceptors (Lipinski definition) is 3. The lowest BCUT2D eigenvalue weighted by atomic mass is 10.1. The Bertz CT molecular complexity index is 1000. The van der Waals surface area contributed by atoms with Crippen LogP contribution in [0.5, 0.6) is 0 Å². The van der Waals surface area contributed by atoms with Gasteiger partial charge in [-0.05, 0) is 69.0 Å². The van der Waals surface area contributed by atoms with Gasteiger partial charge in [0, 0.05) is 24.5 Å². The first-order chi connectivity index (χ1) is 14.5. The number of halogens is 1. The van der Waals surface area contributed by atoms with E-state index in [1.165, 1.54) is 12.1 Å². The summed E-state index contributed by atoms with van der Waals surface area (Å²) < 4.78 is 15.0. The molecule has 1 aliphatic rings. The van der Waals surface area contributed by atoms with E-state index in [0.29, 0.717) is 24.3 Å². The summed E-state index contributed by atoms with van der Waals surface area (Å²) in [4.78, 5) is 19.8. The summed E-state index contributed by atoms with van der Waals surface area (Å²) >= 11 is 0. The van der Waals surface area contributed by atoms with Crippen molar-refractivity contribution in [2.24, 2.45) is 0 Å². The van der Waals surface area contributed by atoms with Crippen molar-refractivity contribution in [1.82, 2.24) is 19.7 Å². The van der Waals surface area contributed by atoms with Crippen molar-refractivity contribution >= 4 is 5.91 Å². The van der Waals surface area contributed by atoms with E-state index < -0.39 is 0 Å². The Labute approximate surface area is 176 Å². The third-order valence-corrected chi connectivity index (χ3v) is 5.80. The summed E-state index contributed by atoms with van der Waals surface area (Å²) in [6.07, 6.45) is 6.73. The maximum absolute atomic E-state index is 13.3. The second-order valence-corrected chi connectivity index (χ2v) is 8.06. The summed E-state index contributed by atoms with van der Waals surface area (Å²) in [6.45, 7) is 4.55. The minimum atomic E-state index is -0.240. The highest BCUT2D eigenvalue weighted by Crippen LogP contribution is 2.25. The van der Waals surface area contributed by atoms with E-state index in [9.17, 15) is 9.18 Å². The number of aryl methyl sites for hydroxylation is 2. The third kappa shape index (κ3) is 4.42. The topological polar surface area (TPSA) is 51.0 Å². The Balaban J connectivity index is 1.52. The van der Waals surface area contributed by atoms with Gasteiger partial charge in [0.05, 0.1) is 11.3 Å². The normalized spacial score (nSPS) is 14.2. The third-order valence-electron chi connectivity index (χ3n) is 5.80. The number of amides is 1. The first-order valence-corrected chi connectivity index (χ1v) is 10.6. The lowest BCUT2D eigenvalue weighted by Gasteiger charge is -2.29. The number of aromatic nitrogens is 3. The Kier molecular flexibility index (Phi) is 5.93. The maximum atomic E-state index is 13.3.